The fourth-order valence-corrected chi connectivity index (χ4v) is 3.59. The predicted molar refractivity (Wildman–Crippen MR) is 77.8 cm³/mol. The molecule has 2 aliphatic carbocycles. The summed E-state index contributed by atoms with van der Waals surface area (Å²) in [5.74, 6) is 0.813. The van der Waals surface area contributed by atoms with Gasteiger partial charge in [-0.2, -0.15) is 0 Å². The zero-order chi connectivity index (χ0) is 14.4. The highest BCUT2D eigenvalue weighted by molar-refractivity contribution is 5.72. The fraction of sp³-hybridized carbons (Fsp3) is 0.941. The summed E-state index contributed by atoms with van der Waals surface area (Å²) < 4.78 is 5.68. The van der Waals surface area contributed by atoms with Crippen LogP contribution in [0.4, 0.5) is 0 Å². The summed E-state index contributed by atoms with van der Waals surface area (Å²) in [6.45, 7) is 2.24. The Morgan fingerprint density at radius 3 is 2.25 bits per heavy atom. The second kappa shape index (κ2) is 8.02. The zero-order valence-corrected chi connectivity index (χ0v) is 12.8. The van der Waals surface area contributed by atoms with Gasteiger partial charge in [0.1, 0.15) is 6.10 Å². The van der Waals surface area contributed by atoms with Gasteiger partial charge in [-0.1, -0.05) is 26.2 Å². The van der Waals surface area contributed by atoms with Crippen molar-refractivity contribution in [3.05, 3.63) is 0 Å². The lowest BCUT2D eigenvalue weighted by atomic mass is 9.84. The molecule has 0 aromatic heterocycles. The van der Waals surface area contributed by atoms with Crippen LogP contribution in [0, 0.1) is 11.8 Å². The van der Waals surface area contributed by atoms with Gasteiger partial charge in [-0.25, -0.2) is 5.11 Å². The Kier molecular flexibility index (Phi) is 6.34. The average molecular weight is 281 g/mol. The molecule has 0 heterocycles. The van der Waals surface area contributed by atoms with Crippen molar-refractivity contribution in [2.45, 2.75) is 89.8 Å². The molecule has 0 amide bonds. The Hall–Kier alpha value is -0.570. The first-order valence-corrected chi connectivity index (χ1v) is 8.55. The highest BCUT2D eigenvalue weighted by Gasteiger charge is 2.30. The molecule has 3 heteroatoms. The zero-order valence-electron chi connectivity index (χ0n) is 12.8. The minimum Gasteiger partial charge on any atom is -0.462 e. The maximum absolute atomic E-state index is 12.1. The van der Waals surface area contributed by atoms with Crippen molar-refractivity contribution in [2.75, 3.05) is 0 Å². The van der Waals surface area contributed by atoms with Gasteiger partial charge in [0.2, 0.25) is 0 Å². The first-order chi connectivity index (χ1) is 9.69. The maximum Gasteiger partial charge on any atom is 0.309 e. The summed E-state index contributed by atoms with van der Waals surface area (Å²) >= 11 is 0. The average Bonchev–Trinajstić information content (AvgIpc) is 2.47. The van der Waals surface area contributed by atoms with Gasteiger partial charge in [-0.3, -0.25) is 4.79 Å². The van der Waals surface area contributed by atoms with E-state index in [9.17, 15) is 9.90 Å². The molecule has 0 atom stereocenters. The van der Waals surface area contributed by atoms with E-state index in [1.165, 1.54) is 32.1 Å². The molecule has 0 N–H and O–H groups in total. The maximum atomic E-state index is 12.1. The number of esters is 1. The third-order valence-electron chi connectivity index (χ3n) is 5.05. The van der Waals surface area contributed by atoms with Crippen molar-refractivity contribution < 1.29 is 14.6 Å². The molecule has 0 saturated heterocycles. The Balaban J connectivity index is 1.66. The summed E-state index contributed by atoms with van der Waals surface area (Å²) in [6, 6.07) is 0. The molecule has 0 unspecified atom stereocenters. The van der Waals surface area contributed by atoms with Gasteiger partial charge >= 0.3 is 5.97 Å². The summed E-state index contributed by atoms with van der Waals surface area (Å²) in [4.78, 5) is 12.1. The summed E-state index contributed by atoms with van der Waals surface area (Å²) in [5.41, 5.74) is 0. The lowest BCUT2D eigenvalue weighted by molar-refractivity contribution is -0.158. The molecule has 1 radical (unpaired) electrons. The Morgan fingerprint density at radius 1 is 1.00 bits per heavy atom. The van der Waals surface area contributed by atoms with Gasteiger partial charge < -0.3 is 4.74 Å². The number of ether oxygens (including phenoxy) is 1. The van der Waals surface area contributed by atoms with Crippen LogP contribution in [0.15, 0.2) is 0 Å². The van der Waals surface area contributed by atoms with E-state index in [1.807, 2.05) is 0 Å². The number of unbranched alkanes of at least 4 members (excludes halogenated alkanes) is 1. The van der Waals surface area contributed by atoms with E-state index >= 15 is 0 Å². The standard InChI is InChI=1S/C17H29O3/c1-2-3-4-13-5-11-16(12-6-13)20-17(19)14-7-9-15(18)10-8-14/h13-16H,2-12H2,1H3. The van der Waals surface area contributed by atoms with Crippen LogP contribution >= 0.6 is 0 Å². The molecule has 2 saturated carbocycles. The minimum absolute atomic E-state index is 0.00184. The van der Waals surface area contributed by atoms with Crippen LogP contribution < -0.4 is 0 Å². The fourth-order valence-electron chi connectivity index (χ4n) is 3.59. The van der Waals surface area contributed by atoms with E-state index in [-0.39, 0.29) is 18.0 Å². The Bertz CT molecular complexity index is 287. The van der Waals surface area contributed by atoms with Gasteiger partial charge in [0.25, 0.3) is 0 Å². The molecule has 115 valence electrons. The summed E-state index contributed by atoms with van der Waals surface area (Å²) in [7, 11) is 0. The largest absolute Gasteiger partial charge is 0.462 e. The molecule has 3 nitrogen and oxygen atoms in total. The van der Waals surface area contributed by atoms with Crippen molar-refractivity contribution in [1.82, 2.24) is 0 Å². The number of rotatable bonds is 5. The molecular weight excluding hydrogens is 252 g/mol. The highest BCUT2D eigenvalue weighted by Crippen LogP contribution is 2.31. The van der Waals surface area contributed by atoms with Crippen molar-refractivity contribution in [3.63, 3.8) is 0 Å². The van der Waals surface area contributed by atoms with Crippen LogP contribution in [0.3, 0.4) is 0 Å². The summed E-state index contributed by atoms with van der Waals surface area (Å²) in [6.07, 6.45) is 10.9. The molecule has 2 rings (SSSR count). The van der Waals surface area contributed by atoms with Crippen LogP contribution in [0.1, 0.15) is 77.6 Å². The van der Waals surface area contributed by atoms with E-state index in [0.717, 1.165) is 31.6 Å². The monoisotopic (exact) mass is 281 g/mol. The molecule has 0 aliphatic heterocycles. The molecule has 0 spiro atoms. The van der Waals surface area contributed by atoms with Crippen molar-refractivity contribution in [1.29, 1.82) is 0 Å². The van der Waals surface area contributed by atoms with E-state index in [0.29, 0.717) is 12.8 Å². The van der Waals surface area contributed by atoms with Crippen LogP contribution in [0.5, 0.6) is 0 Å². The predicted octanol–water partition coefficient (Wildman–Crippen LogP) is 4.27. The first kappa shape index (κ1) is 15.8. The molecular formula is C17H29O3. The molecule has 0 bridgehead atoms. The van der Waals surface area contributed by atoms with Crippen LogP contribution in [-0.4, -0.2) is 18.2 Å². The lowest BCUT2D eigenvalue weighted by Gasteiger charge is -2.30. The smallest absolute Gasteiger partial charge is 0.309 e. The SMILES string of the molecule is CCCCC1CCC(OC(=O)C2CCC([O])CC2)CC1. The molecule has 2 fully saturated rings. The lowest BCUT2D eigenvalue weighted by Crippen LogP contribution is -2.30. The second-order valence-electron chi connectivity index (χ2n) is 6.70. The number of carbonyl (C=O) groups is 1. The number of hydrogen-bond acceptors (Lipinski definition) is 2. The van der Waals surface area contributed by atoms with Crippen LogP contribution in [-0.2, 0) is 14.6 Å². The van der Waals surface area contributed by atoms with Crippen LogP contribution in [0.25, 0.3) is 0 Å². The number of carbonyl (C=O) groups excluding carboxylic acids is 1. The summed E-state index contributed by atoms with van der Waals surface area (Å²) in [5, 5.41) is 11.3. The third kappa shape index (κ3) is 4.76. The van der Waals surface area contributed by atoms with Crippen LogP contribution in [0.2, 0.25) is 0 Å². The molecule has 20 heavy (non-hydrogen) atoms. The molecule has 2 aliphatic rings. The topological polar surface area (TPSA) is 46.2 Å². The van der Waals surface area contributed by atoms with E-state index in [2.05, 4.69) is 6.92 Å². The van der Waals surface area contributed by atoms with Crippen molar-refractivity contribution in [2.24, 2.45) is 11.8 Å². The quantitative estimate of drug-likeness (QED) is 0.706. The normalized spacial score (nSPS) is 34.7. The van der Waals surface area contributed by atoms with E-state index in [1.54, 1.807) is 0 Å². The van der Waals surface area contributed by atoms with Gasteiger partial charge in [0.15, 0.2) is 0 Å². The van der Waals surface area contributed by atoms with E-state index < -0.39 is 6.10 Å². The highest BCUT2D eigenvalue weighted by atomic mass is 16.5. The van der Waals surface area contributed by atoms with Gasteiger partial charge in [-0.15, -0.1) is 0 Å². The Labute approximate surface area is 123 Å². The van der Waals surface area contributed by atoms with E-state index in [4.69, 9.17) is 4.74 Å². The second-order valence-corrected chi connectivity index (χ2v) is 6.70. The minimum atomic E-state index is -0.451. The Morgan fingerprint density at radius 2 is 1.65 bits per heavy atom. The first-order valence-electron chi connectivity index (χ1n) is 8.55. The molecule has 0 aromatic carbocycles. The van der Waals surface area contributed by atoms with Gasteiger partial charge in [0, 0.05) is 0 Å². The van der Waals surface area contributed by atoms with Gasteiger partial charge in [-0.05, 0) is 57.3 Å². The number of hydrogen-bond donors (Lipinski definition) is 0. The van der Waals surface area contributed by atoms with Gasteiger partial charge in [0.05, 0.1) is 12.0 Å². The molecule has 0 aromatic rings. The third-order valence-corrected chi connectivity index (χ3v) is 5.05. The van der Waals surface area contributed by atoms with Crippen molar-refractivity contribution in [3.8, 4) is 0 Å². The van der Waals surface area contributed by atoms with Crippen molar-refractivity contribution >= 4 is 5.97 Å².